The van der Waals surface area contributed by atoms with Gasteiger partial charge in [-0.25, -0.2) is 0 Å². The highest BCUT2D eigenvalue weighted by Gasteiger charge is 2.37. The van der Waals surface area contributed by atoms with Crippen LogP contribution in [0.15, 0.2) is 0 Å². The number of hydrogen-bond donors (Lipinski definition) is 1. The van der Waals surface area contributed by atoms with Crippen LogP contribution in [-0.2, 0) is 0 Å². The monoisotopic (exact) mass is 185 g/mol. The molecular formula is C10H19NS. The predicted molar refractivity (Wildman–Crippen MR) is 55.4 cm³/mol. The third kappa shape index (κ3) is 2.40. The van der Waals surface area contributed by atoms with Crippen molar-refractivity contribution in [1.82, 2.24) is 0 Å². The standard InChI is InChI=1S/C10H19NS/c11-10(5-6-10)4-1-9-2-7-12-8-3-9/h9H,1-8,11H2. The summed E-state index contributed by atoms with van der Waals surface area (Å²) in [5, 5.41) is 0. The molecule has 1 nitrogen and oxygen atoms in total. The van der Waals surface area contributed by atoms with Crippen molar-refractivity contribution in [3.63, 3.8) is 0 Å². The van der Waals surface area contributed by atoms with Crippen LogP contribution in [0.25, 0.3) is 0 Å². The lowest BCUT2D eigenvalue weighted by Crippen LogP contribution is -2.23. The maximum absolute atomic E-state index is 6.06. The summed E-state index contributed by atoms with van der Waals surface area (Å²) in [4.78, 5) is 0. The highest BCUT2D eigenvalue weighted by molar-refractivity contribution is 7.99. The van der Waals surface area contributed by atoms with E-state index in [1.54, 1.807) is 0 Å². The first-order chi connectivity index (χ1) is 5.79. The Balaban J connectivity index is 1.65. The molecule has 2 aliphatic rings. The second-order valence-electron chi connectivity index (χ2n) is 4.46. The molecule has 1 heterocycles. The van der Waals surface area contributed by atoms with Crippen LogP contribution in [0.4, 0.5) is 0 Å². The van der Waals surface area contributed by atoms with E-state index in [2.05, 4.69) is 11.8 Å². The Labute approximate surface area is 79.5 Å². The van der Waals surface area contributed by atoms with Crippen molar-refractivity contribution >= 4 is 11.8 Å². The topological polar surface area (TPSA) is 26.0 Å². The average Bonchev–Trinajstić information content (AvgIpc) is 2.84. The van der Waals surface area contributed by atoms with Crippen LogP contribution in [0, 0.1) is 5.92 Å². The van der Waals surface area contributed by atoms with E-state index in [1.165, 1.54) is 50.0 Å². The quantitative estimate of drug-likeness (QED) is 0.730. The number of hydrogen-bond acceptors (Lipinski definition) is 2. The van der Waals surface area contributed by atoms with Crippen LogP contribution < -0.4 is 5.73 Å². The van der Waals surface area contributed by atoms with Crippen molar-refractivity contribution in [2.45, 2.75) is 44.1 Å². The van der Waals surface area contributed by atoms with E-state index in [-0.39, 0.29) is 0 Å². The Kier molecular flexibility index (Phi) is 2.66. The van der Waals surface area contributed by atoms with Gasteiger partial charge in [0.2, 0.25) is 0 Å². The van der Waals surface area contributed by atoms with E-state index in [0.717, 1.165) is 5.92 Å². The Morgan fingerprint density at radius 3 is 2.50 bits per heavy atom. The molecule has 0 aromatic carbocycles. The maximum Gasteiger partial charge on any atom is 0.0155 e. The smallest absolute Gasteiger partial charge is 0.0155 e. The van der Waals surface area contributed by atoms with Crippen molar-refractivity contribution in [3.05, 3.63) is 0 Å². The Morgan fingerprint density at radius 2 is 1.92 bits per heavy atom. The molecule has 0 unspecified atom stereocenters. The molecular weight excluding hydrogens is 166 g/mol. The van der Waals surface area contributed by atoms with Crippen LogP contribution in [0.5, 0.6) is 0 Å². The Hall–Kier alpha value is 0.310. The molecule has 0 spiro atoms. The molecule has 0 bridgehead atoms. The fraction of sp³-hybridized carbons (Fsp3) is 1.00. The summed E-state index contributed by atoms with van der Waals surface area (Å²) in [5.74, 6) is 3.79. The zero-order valence-corrected chi connectivity index (χ0v) is 8.54. The molecule has 0 atom stereocenters. The van der Waals surface area contributed by atoms with Crippen molar-refractivity contribution < 1.29 is 0 Å². The molecule has 0 aromatic rings. The van der Waals surface area contributed by atoms with E-state index in [9.17, 15) is 0 Å². The summed E-state index contributed by atoms with van der Waals surface area (Å²) < 4.78 is 0. The van der Waals surface area contributed by atoms with E-state index < -0.39 is 0 Å². The van der Waals surface area contributed by atoms with E-state index in [4.69, 9.17) is 5.73 Å². The summed E-state index contributed by atoms with van der Waals surface area (Å²) in [6.07, 6.45) is 8.16. The molecule has 1 saturated heterocycles. The minimum absolute atomic E-state index is 0.296. The van der Waals surface area contributed by atoms with Gasteiger partial charge in [0, 0.05) is 5.54 Å². The van der Waals surface area contributed by atoms with Gasteiger partial charge in [-0.3, -0.25) is 0 Å². The number of nitrogens with two attached hydrogens (primary N) is 1. The number of thioether (sulfide) groups is 1. The van der Waals surface area contributed by atoms with E-state index >= 15 is 0 Å². The van der Waals surface area contributed by atoms with Gasteiger partial charge in [-0.05, 0) is 55.9 Å². The third-order valence-electron chi connectivity index (χ3n) is 3.28. The normalized spacial score (nSPS) is 28.8. The fourth-order valence-corrected chi connectivity index (χ4v) is 3.14. The first-order valence-electron chi connectivity index (χ1n) is 5.15. The molecule has 2 fully saturated rings. The molecule has 1 saturated carbocycles. The van der Waals surface area contributed by atoms with Crippen molar-refractivity contribution in [3.8, 4) is 0 Å². The maximum atomic E-state index is 6.06. The minimum atomic E-state index is 0.296. The van der Waals surface area contributed by atoms with Gasteiger partial charge in [0.05, 0.1) is 0 Å². The molecule has 70 valence electrons. The lowest BCUT2D eigenvalue weighted by Gasteiger charge is -2.22. The van der Waals surface area contributed by atoms with E-state index in [0.29, 0.717) is 5.54 Å². The lowest BCUT2D eigenvalue weighted by atomic mass is 9.94. The summed E-state index contributed by atoms with van der Waals surface area (Å²) in [6, 6.07) is 0. The Morgan fingerprint density at radius 1 is 1.25 bits per heavy atom. The fourth-order valence-electron chi connectivity index (χ4n) is 1.94. The number of rotatable bonds is 3. The van der Waals surface area contributed by atoms with Gasteiger partial charge in [0.15, 0.2) is 0 Å². The zero-order chi connectivity index (χ0) is 8.44. The molecule has 0 radical (unpaired) electrons. The minimum Gasteiger partial charge on any atom is -0.325 e. The summed E-state index contributed by atoms with van der Waals surface area (Å²) in [5.41, 5.74) is 6.35. The largest absolute Gasteiger partial charge is 0.325 e. The molecule has 2 rings (SSSR count). The Bertz CT molecular complexity index is 148. The van der Waals surface area contributed by atoms with Gasteiger partial charge in [-0.2, -0.15) is 11.8 Å². The summed E-state index contributed by atoms with van der Waals surface area (Å²) >= 11 is 2.12. The molecule has 1 aliphatic heterocycles. The first-order valence-corrected chi connectivity index (χ1v) is 6.31. The van der Waals surface area contributed by atoms with Gasteiger partial charge in [0.25, 0.3) is 0 Å². The van der Waals surface area contributed by atoms with Gasteiger partial charge in [0.1, 0.15) is 0 Å². The molecule has 1 aliphatic carbocycles. The SMILES string of the molecule is NC1(CCC2CCSCC2)CC1. The van der Waals surface area contributed by atoms with Gasteiger partial charge >= 0.3 is 0 Å². The first kappa shape index (κ1) is 8.89. The summed E-state index contributed by atoms with van der Waals surface area (Å²) in [7, 11) is 0. The predicted octanol–water partition coefficient (Wildman–Crippen LogP) is 2.40. The second-order valence-corrected chi connectivity index (χ2v) is 5.68. The van der Waals surface area contributed by atoms with Gasteiger partial charge < -0.3 is 5.73 Å². The van der Waals surface area contributed by atoms with Crippen LogP contribution >= 0.6 is 11.8 Å². The average molecular weight is 185 g/mol. The van der Waals surface area contributed by atoms with Gasteiger partial charge in [-0.15, -0.1) is 0 Å². The molecule has 0 amide bonds. The van der Waals surface area contributed by atoms with E-state index in [1.807, 2.05) is 0 Å². The van der Waals surface area contributed by atoms with Crippen molar-refractivity contribution in [2.24, 2.45) is 11.7 Å². The van der Waals surface area contributed by atoms with Crippen LogP contribution in [-0.4, -0.2) is 17.0 Å². The second kappa shape index (κ2) is 3.59. The van der Waals surface area contributed by atoms with Crippen LogP contribution in [0.3, 0.4) is 0 Å². The molecule has 2 N–H and O–H groups in total. The molecule has 0 aromatic heterocycles. The zero-order valence-electron chi connectivity index (χ0n) is 7.72. The molecule has 12 heavy (non-hydrogen) atoms. The third-order valence-corrected chi connectivity index (χ3v) is 4.33. The van der Waals surface area contributed by atoms with Gasteiger partial charge in [-0.1, -0.05) is 0 Å². The summed E-state index contributed by atoms with van der Waals surface area (Å²) in [6.45, 7) is 0. The van der Waals surface area contributed by atoms with Crippen LogP contribution in [0.2, 0.25) is 0 Å². The highest BCUT2D eigenvalue weighted by Crippen LogP contribution is 2.39. The lowest BCUT2D eigenvalue weighted by molar-refractivity contribution is 0.408. The molecule has 2 heteroatoms. The highest BCUT2D eigenvalue weighted by atomic mass is 32.2. The van der Waals surface area contributed by atoms with Crippen LogP contribution in [0.1, 0.15) is 38.5 Å². The van der Waals surface area contributed by atoms with Crippen molar-refractivity contribution in [1.29, 1.82) is 0 Å². The van der Waals surface area contributed by atoms with Crippen molar-refractivity contribution in [2.75, 3.05) is 11.5 Å².